The third kappa shape index (κ3) is 4.52. The molecule has 0 aromatic heterocycles. The molecular weight excluding hydrogens is 439 g/mol. The van der Waals surface area contributed by atoms with Crippen LogP contribution in [-0.2, 0) is 20.0 Å². The van der Waals surface area contributed by atoms with Gasteiger partial charge in [0, 0.05) is 7.05 Å². The fourth-order valence-electron chi connectivity index (χ4n) is 2.51. The SMILES string of the molecule is CN(c1ccccc1)S(=O)(=O)c1cccc(NS(=O)(=O)c2ccc(F)c(Cl)c2)c1. The van der Waals surface area contributed by atoms with Crippen LogP contribution in [0.3, 0.4) is 0 Å². The number of anilines is 2. The minimum atomic E-state index is -4.10. The minimum Gasteiger partial charge on any atom is -0.280 e. The Morgan fingerprint density at radius 2 is 1.55 bits per heavy atom. The number of rotatable bonds is 6. The van der Waals surface area contributed by atoms with Crippen molar-refractivity contribution in [3.05, 3.63) is 83.6 Å². The number of nitrogens with zero attached hydrogens (tertiary/aromatic N) is 1. The Hall–Kier alpha value is -2.62. The van der Waals surface area contributed by atoms with Crippen LogP contribution < -0.4 is 9.03 Å². The zero-order valence-electron chi connectivity index (χ0n) is 15.1. The van der Waals surface area contributed by atoms with E-state index in [0.717, 1.165) is 22.5 Å². The van der Waals surface area contributed by atoms with Gasteiger partial charge in [-0.2, -0.15) is 0 Å². The van der Waals surface area contributed by atoms with Crippen molar-refractivity contribution in [2.45, 2.75) is 9.79 Å². The molecule has 6 nitrogen and oxygen atoms in total. The normalized spacial score (nSPS) is 11.8. The van der Waals surface area contributed by atoms with Crippen molar-refractivity contribution >= 4 is 43.0 Å². The number of para-hydroxylation sites is 1. The molecule has 3 rings (SSSR count). The molecule has 0 radical (unpaired) electrons. The molecule has 29 heavy (non-hydrogen) atoms. The first-order valence-corrected chi connectivity index (χ1v) is 11.5. The standard InChI is InChI=1S/C19H16ClFN2O4S2/c1-23(15-7-3-2-4-8-15)29(26,27)17-9-5-6-14(12-17)22-28(24,25)16-10-11-19(21)18(20)13-16/h2-13,22H,1H3. The van der Waals surface area contributed by atoms with Gasteiger partial charge in [0.1, 0.15) is 5.82 Å². The van der Waals surface area contributed by atoms with Crippen LogP contribution in [-0.4, -0.2) is 23.9 Å². The highest BCUT2D eigenvalue weighted by Crippen LogP contribution is 2.26. The summed E-state index contributed by atoms with van der Waals surface area (Å²) in [6.07, 6.45) is 0. The molecule has 0 aliphatic carbocycles. The Morgan fingerprint density at radius 3 is 2.21 bits per heavy atom. The fraction of sp³-hybridized carbons (Fsp3) is 0.0526. The Labute approximate surface area is 173 Å². The summed E-state index contributed by atoms with van der Waals surface area (Å²) in [5.41, 5.74) is 0.493. The third-order valence-electron chi connectivity index (χ3n) is 4.07. The van der Waals surface area contributed by atoms with Crippen LogP contribution in [0.15, 0.2) is 82.6 Å². The molecule has 1 N–H and O–H groups in total. The Kier molecular flexibility index (Phi) is 5.83. The zero-order chi connectivity index (χ0) is 21.2. The topological polar surface area (TPSA) is 83.6 Å². The molecule has 0 fully saturated rings. The lowest BCUT2D eigenvalue weighted by molar-refractivity contribution is 0.593. The lowest BCUT2D eigenvalue weighted by Crippen LogP contribution is -2.26. The van der Waals surface area contributed by atoms with Crippen molar-refractivity contribution in [3.8, 4) is 0 Å². The van der Waals surface area contributed by atoms with Crippen LogP contribution in [0.4, 0.5) is 15.8 Å². The zero-order valence-corrected chi connectivity index (χ0v) is 17.5. The van der Waals surface area contributed by atoms with E-state index in [-0.39, 0.29) is 20.5 Å². The molecule has 0 aliphatic rings. The molecule has 0 saturated carbocycles. The second-order valence-corrected chi connectivity index (χ2v) is 10.1. The molecular formula is C19H16ClFN2O4S2. The molecule has 3 aromatic carbocycles. The van der Waals surface area contributed by atoms with E-state index in [0.29, 0.717) is 5.69 Å². The van der Waals surface area contributed by atoms with Crippen LogP contribution in [0.5, 0.6) is 0 Å². The molecule has 10 heteroatoms. The lowest BCUT2D eigenvalue weighted by atomic mass is 10.3. The van der Waals surface area contributed by atoms with Crippen LogP contribution in [0.1, 0.15) is 0 Å². The van der Waals surface area contributed by atoms with Gasteiger partial charge in [0.05, 0.1) is 26.2 Å². The van der Waals surface area contributed by atoms with Gasteiger partial charge in [0.15, 0.2) is 0 Å². The van der Waals surface area contributed by atoms with Crippen molar-refractivity contribution in [1.82, 2.24) is 0 Å². The van der Waals surface area contributed by atoms with Gasteiger partial charge >= 0.3 is 0 Å². The number of hydrogen-bond donors (Lipinski definition) is 1. The van der Waals surface area contributed by atoms with E-state index in [9.17, 15) is 21.2 Å². The highest BCUT2D eigenvalue weighted by Gasteiger charge is 2.23. The summed E-state index contributed by atoms with van der Waals surface area (Å²) >= 11 is 5.65. The monoisotopic (exact) mass is 454 g/mol. The quantitative estimate of drug-likeness (QED) is 0.607. The number of halogens is 2. The van der Waals surface area contributed by atoms with Gasteiger partial charge in [-0.3, -0.25) is 9.03 Å². The van der Waals surface area contributed by atoms with Crippen LogP contribution in [0.25, 0.3) is 0 Å². The first kappa shape index (κ1) is 21.1. The summed E-state index contributed by atoms with van der Waals surface area (Å²) in [4.78, 5) is -0.347. The Morgan fingerprint density at radius 1 is 0.862 bits per heavy atom. The molecule has 0 atom stereocenters. The average molecular weight is 455 g/mol. The maximum absolute atomic E-state index is 13.3. The average Bonchev–Trinajstić information content (AvgIpc) is 2.70. The minimum absolute atomic E-state index is 0.0352. The van der Waals surface area contributed by atoms with Gasteiger partial charge in [0.2, 0.25) is 0 Å². The summed E-state index contributed by atoms with van der Waals surface area (Å²) < 4.78 is 67.5. The molecule has 0 spiro atoms. The third-order valence-corrected chi connectivity index (χ3v) is 7.52. The second kappa shape index (κ2) is 8.02. The predicted molar refractivity (Wildman–Crippen MR) is 111 cm³/mol. The van der Waals surface area contributed by atoms with Gasteiger partial charge in [-0.1, -0.05) is 35.9 Å². The van der Waals surface area contributed by atoms with Crippen molar-refractivity contribution in [1.29, 1.82) is 0 Å². The highest BCUT2D eigenvalue weighted by molar-refractivity contribution is 7.93. The van der Waals surface area contributed by atoms with E-state index in [4.69, 9.17) is 11.6 Å². The second-order valence-electron chi connectivity index (χ2n) is 6.02. The summed E-state index contributed by atoms with van der Waals surface area (Å²) in [5, 5.41) is -0.339. The van der Waals surface area contributed by atoms with Gasteiger partial charge in [0.25, 0.3) is 20.0 Å². The molecule has 0 saturated heterocycles. The molecule has 152 valence electrons. The highest BCUT2D eigenvalue weighted by atomic mass is 35.5. The first-order valence-electron chi connectivity index (χ1n) is 8.23. The van der Waals surface area contributed by atoms with E-state index >= 15 is 0 Å². The van der Waals surface area contributed by atoms with E-state index < -0.39 is 25.9 Å². The van der Waals surface area contributed by atoms with Gasteiger partial charge < -0.3 is 0 Å². The van der Waals surface area contributed by atoms with E-state index in [2.05, 4.69) is 4.72 Å². The van der Waals surface area contributed by atoms with Crippen molar-refractivity contribution in [2.24, 2.45) is 0 Å². The maximum atomic E-state index is 13.3. The molecule has 0 aliphatic heterocycles. The van der Waals surface area contributed by atoms with Crippen LogP contribution >= 0.6 is 11.6 Å². The first-order chi connectivity index (χ1) is 13.6. The largest absolute Gasteiger partial charge is 0.280 e. The Bertz CT molecular complexity index is 1250. The molecule has 0 unspecified atom stereocenters. The van der Waals surface area contributed by atoms with Crippen LogP contribution in [0.2, 0.25) is 5.02 Å². The van der Waals surface area contributed by atoms with Gasteiger partial charge in [-0.25, -0.2) is 21.2 Å². The summed E-state index contributed by atoms with van der Waals surface area (Å²) in [7, 11) is -6.61. The fourth-order valence-corrected chi connectivity index (χ4v) is 5.08. The van der Waals surface area contributed by atoms with Gasteiger partial charge in [-0.05, 0) is 48.5 Å². The molecule has 0 bridgehead atoms. The number of benzene rings is 3. The number of nitrogens with one attached hydrogen (secondary N) is 1. The lowest BCUT2D eigenvalue weighted by Gasteiger charge is -2.20. The maximum Gasteiger partial charge on any atom is 0.264 e. The summed E-state index contributed by atoms with van der Waals surface area (Å²) in [6.45, 7) is 0. The summed E-state index contributed by atoms with van der Waals surface area (Å²) in [6, 6.07) is 16.8. The number of hydrogen-bond acceptors (Lipinski definition) is 4. The Balaban J connectivity index is 1.92. The molecule has 0 heterocycles. The van der Waals surface area contributed by atoms with E-state index in [1.807, 2.05) is 0 Å². The number of sulfonamides is 2. The summed E-state index contributed by atoms with van der Waals surface area (Å²) in [5.74, 6) is -0.748. The molecule has 3 aromatic rings. The predicted octanol–water partition coefficient (Wildman–Crippen LogP) is 4.11. The molecule has 0 amide bonds. The van der Waals surface area contributed by atoms with Crippen molar-refractivity contribution < 1.29 is 21.2 Å². The van der Waals surface area contributed by atoms with Crippen molar-refractivity contribution in [3.63, 3.8) is 0 Å². The van der Waals surface area contributed by atoms with Gasteiger partial charge in [-0.15, -0.1) is 0 Å². The van der Waals surface area contributed by atoms with Crippen LogP contribution in [0, 0.1) is 5.82 Å². The van der Waals surface area contributed by atoms with E-state index in [1.165, 1.54) is 31.3 Å². The van der Waals surface area contributed by atoms with E-state index in [1.54, 1.807) is 30.3 Å². The van der Waals surface area contributed by atoms with Crippen molar-refractivity contribution in [2.75, 3.05) is 16.1 Å². The smallest absolute Gasteiger partial charge is 0.264 e.